The molecule has 1 atom stereocenters. The summed E-state index contributed by atoms with van der Waals surface area (Å²) in [6.07, 6.45) is 4.15. The van der Waals surface area contributed by atoms with Gasteiger partial charge in [0.2, 0.25) is 0 Å². The number of rotatable bonds is 4. The van der Waals surface area contributed by atoms with Crippen LogP contribution in [0.15, 0.2) is 29.9 Å². The lowest BCUT2D eigenvalue weighted by atomic mass is 10.0. The van der Waals surface area contributed by atoms with Gasteiger partial charge in [0.25, 0.3) is 0 Å². The Bertz CT molecular complexity index is 525. The predicted molar refractivity (Wildman–Crippen MR) is 70.4 cm³/mol. The summed E-state index contributed by atoms with van der Waals surface area (Å²) in [5.74, 6) is -0.508. The molecule has 2 rings (SSSR count). The second-order valence-corrected chi connectivity index (χ2v) is 4.66. The molecule has 0 aliphatic rings. The summed E-state index contributed by atoms with van der Waals surface area (Å²) in [4.78, 5) is 20.1. The standard InChI is InChI=1S/C13H14N2O2S/c1-3-10(13(16)17-2)11-8-18-12(15-11)9-4-6-14-7-5-9/h4-8,10H,3H2,1-2H3. The zero-order valence-corrected chi connectivity index (χ0v) is 11.1. The van der Waals surface area contributed by atoms with Crippen LogP contribution in [0.4, 0.5) is 0 Å². The first-order chi connectivity index (χ1) is 8.76. The summed E-state index contributed by atoms with van der Waals surface area (Å²) in [7, 11) is 1.40. The maximum Gasteiger partial charge on any atom is 0.314 e. The highest BCUT2D eigenvalue weighted by Gasteiger charge is 2.22. The van der Waals surface area contributed by atoms with Crippen molar-refractivity contribution < 1.29 is 9.53 Å². The number of nitrogens with zero attached hydrogens (tertiary/aromatic N) is 2. The van der Waals surface area contributed by atoms with E-state index in [1.807, 2.05) is 24.4 Å². The second kappa shape index (κ2) is 5.73. The Morgan fingerprint density at radius 3 is 2.78 bits per heavy atom. The molecule has 4 nitrogen and oxygen atoms in total. The average molecular weight is 262 g/mol. The van der Waals surface area contributed by atoms with Crippen LogP contribution in [0.25, 0.3) is 10.6 Å². The van der Waals surface area contributed by atoms with Gasteiger partial charge >= 0.3 is 5.97 Å². The van der Waals surface area contributed by atoms with Gasteiger partial charge in [0, 0.05) is 23.3 Å². The van der Waals surface area contributed by atoms with Crippen LogP contribution in [0, 0.1) is 0 Å². The summed E-state index contributed by atoms with van der Waals surface area (Å²) >= 11 is 1.53. The van der Waals surface area contributed by atoms with E-state index in [1.54, 1.807) is 12.4 Å². The number of hydrogen-bond donors (Lipinski definition) is 0. The minimum Gasteiger partial charge on any atom is -0.469 e. The third-order valence-electron chi connectivity index (χ3n) is 2.70. The summed E-state index contributed by atoms with van der Waals surface area (Å²) < 4.78 is 4.79. The van der Waals surface area contributed by atoms with Crippen LogP contribution < -0.4 is 0 Å². The molecule has 18 heavy (non-hydrogen) atoms. The average Bonchev–Trinajstić information content (AvgIpc) is 2.90. The zero-order valence-electron chi connectivity index (χ0n) is 10.3. The molecule has 0 spiro atoms. The quantitative estimate of drug-likeness (QED) is 0.795. The van der Waals surface area contributed by atoms with Crippen LogP contribution in [0.3, 0.4) is 0 Å². The van der Waals surface area contributed by atoms with Crippen molar-refractivity contribution >= 4 is 17.3 Å². The van der Waals surface area contributed by atoms with Gasteiger partial charge in [-0.2, -0.15) is 0 Å². The van der Waals surface area contributed by atoms with Crippen LogP contribution in [-0.4, -0.2) is 23.0 Å². The van der Waals surface area contributed by atoms with Gasteiger partial charge in [-0.15, -0.1) is 11.3 Å². The molecular weight excluding hydrogens is 248 g/mol. The highest BCUT2D eigenvalue weighted by atomic mass is 32.1. The molecule has 0 saturated carbocycles. The Balaban J connectivity index is 2.27. The normalized spacial score (nSPS) is 12.1. The third-order valence-corrected chi connectivity index (χ3v) is 3.61. The Kier molecular flexibility index (Phi) is 4.04. The van der Waals surface area contributed by atoms with E-state index in [9.17, 15) is 4.79 Å². The van der Waals surface area contributed by atoms with E-state index >= 15 is 0 Å². The number of thiazole rings is 1. The number of carbonyl (C=O) groups is 1. The number of aromatic nitrogens is 2. The molecule has 0 saturated heterocycles. The molecule has 0 aliphatic heterocycles. The van der Waals surface area contributed by atoms with E-state index in [2.05, 4.69) is 9.97 Å². The SMILES string of the molecule is CCC(C(=O)OC)c1csc(-c2ccncc2)n1. The third kappa shape index (κ3) is 2.56. The Morgan fingerprint density at radius 1 is 1.44 bits per heavy atom. The Hall–Kier alpha value is -1.75. The first-order valence-electron chi connectivity index (χ1n) is 5.70. The van der Waals surface area contributed by atoms with Crippen LogP contribution in [0.5, 0.6) is 0 Å². The van der Waals surface area contributed by atoms with E-state index in [-0.39, 0.29) is 11.9 Å². The topological polar surface area (TPSA) is 52.1 Å². The smallest absolute Gasteiger partial charge is 0.314 e. The molecule has 5 heteroatoms. The van der Waals surface area contributed by atoms with Crippen molar-refractivity contribution in [3.05, 3.63) is 35.6 Å². The number of ether oxygens (including phenoxy) is 1. The lowest BCUT2D eigenvalue weighted by Gasteiger charge is -2.08. The van der Waals surface area contributed by atoms with Crippen LogP contribution >= 0.6 is 11.3 Å². The van der Waals surface area contributed by atoms with Gasteiger partial charge < -0.3 is 4.74 Å². The number of hydrogen-bond acceptors (Lipinski definition) is 5. The maximum absolute atomic E-state index is 11.6. The molecule has 0 radical (unpaired) electrons. The van der Waals surface area contributed by atoms with Crippen molar-refractivity contribution in [1.29, 1.82) is 0 Å². The summed E-state index contributed by atoms with van der Waals surface area (Å²) in [6, 6.07) is 3.81. The molecule has 0 N–H and O–H groups in total. The predicted octanol–water partition coefficient (Wildman–Crippen LogP) is 2.87. The highest BCUT2D eigenvalue weighted by Crippen LogP contribution is 2.28. The molecule has 94 valence electrons. The van der Waals surface area contributed by atoms with Crippen molar-refractivity contribution in [2.45, 2.75) is 19.3 Å². The van der Waals surface area contributed by atoms with Crippen molar-refractivity contribution in [3.8, 4) is 10.6 Å². The minimum absolute atomic E-state index is 0.232. The number of pyridine rings is 1. The van der Waals surface area contributed by atoms with Gasteiger partial charge in [0.15, 0.2) is 0 Å². The molecule has 2 aromatic rings. The molecular formula is C13H14N2O2S. The molecule has 1 unspecified atom stereocenters. The van der Waals surface area contributed by atoms with E-state index in [0.29, 0.717) is 6.42 Å². The fourth-order valence-electron chi connectivity index (χ4n) is 1.71. The fourth-order valence-corrected chi connectivity index (χ4v) is 2.59. The zero-order chi connectivity index (χ0) is 13.0. The summed E-state index contributed by atoms with van der Waals surface area (Å²) in [6.45, 7) is 1.95. The fraction of sp³-hybridized carbons (Fsp3) is 0.308. The van der Waals surface area contributed by atoms with Crippen LogP contribution in [0.2, 0.25) is 0 Å². The van der Waals surface area contributed by atoms with E-state index in [4.69, 9.17) is 4.74 Å². The van der Waals surface area contributed by atoms with Gasteiger partial charge in [-0.05, 0) is 18.6 Å². The summed E-state index contributed by atoms with van der Waals surface area (Å²) in [5, 5.41) is 2.82. The first kappa shape index (κ1) is 12.7. The van der Waals surface area contributed by atoms with Crippen molar-refractivity contribution in [2.24, 2.45) is 0 Å². The van der Waals surface area contributed by atoms with E-state index in [0.717, 1.165) is 16.3 Å². The van der Waals surface area contributed by atoms with Crippen molar-refractivity contribution in [2.75, 3.05) is 7.11 Å². The van der Waals surface area contributed by atoms with E-state index < -0.39 is 0 Å². The summed E-state index contributed by atoms with van der Waals surface area (Å²) in [5.41, 5.74) is 1.79. The van der Waals surface area contributed by atoms with Crippen molar-refractivity contribution in [3.63, 3.8) is 0 Å². The van der Waals surface area contributed by atoms with E-state index in [1.165, 1.54) is 18.4 Å². The van der Waals surface area contributed by atoms with Gasteiger partial charge in [-0.3, -0.25) is 9.78 Å². The highest BCUT2D eigenvalue weighted by molar-refractivity contribution is 7.13. The minimum atomic E-state index is -0.276. The Labute approximate surface area is 110 Å². The molecule has 0 bridgehead atoms. The lowest BCUT2D eigenvalue weighted by Crippen LogP contribution is -2.13. The lowest BCUT2D eigenvalue weighted by molar-refractivity contribution is -0.142. The molecule has 0 aromatic carbocycles. The maximum atomic E-state index is 11.6. The first-order valence-corrected chi connectivity index (χ1v) is 6.57. The molecule has 2 aromatic heterocycles. The van der Waals surface area contributed by atoms with Gasteiger partial charge in [0.05, 0.1) is 18.7 Å². The van der Waals surface area contributed by atoms with Gasteiger partial charge in [-0.1, -0.05) is 6.92 Å². The van der Waals surface area contributed by atoms with Crippen LogP contribution in [-0.2, 0) is 9.53 Å². The number of carbonyl (C=O) groups excluding carboxylic acids is 1. The molecule has 0 fully saturated rings. The van der Waals surface area contributed by atoms with Crippen LogP contribution in [0.1, 0.15) is 25.0 Å². The number of esters is 1. The molecule has 0 amide bonds. The molecule has 0 aliphatic carbocycles. The molecule has 2 heterocycles. The van der Waals surface area contributed by atoms with Gasteiger partial charge in [-0.25, -0.2) is 4.98 Å². The Morgan fingerprint density at radius 2 is 2.17 bits per heavy atom. The largest absolute Gasteiger partial charge is 0.469 e. The van der Waals surface area contributed by atoms with Crippen molar-refractivity contribution in [1.82, 2.24) is 9.97 Å². The van der Waals surface area contributed by atoms with Gasteiger partial charge in [0.1, 0.15) is 5.01 Å². The number of methoxy groups -OCH3 is 1. The monoisotopic (exact) mass is 262 g/mol. The second-order valence-electron chi connectivity index (χ2n) is 3.80.